The largest absolute Gasteiger partial charge is 0.397 e. The summed E-state index contributed by atoms with van der Waals surface area (Å²) in [5.74, 6) is 3.23. The lowest BCUT2D eigenvalue weighted by atomic mass is 9.43. The number of fused-ring (bicyclic) bond motifs is 5. The van der Waals surface area contributed by atoms with Gasteiger partial charge in [-0.25, -0.2) is 4.18 Å². The van der Waals surface area contributed by atoms with Crippen molar-refractivity contribution in [3.63, 3.8) is 0 Å². The van der Waals surface area contributed by atoms with Gasteiger partial charge in [0.15, 0.2) is 0 Å². The molecular weight excluding hydrogens is 574 g/mol. The molecule has 4 aliphatic rings. The number of nitrogens with one attached hydrogen (secondary N) is 2. The number of hydrogen-bond acceptors (Lipinski definition) is 7. The van der Waals surface area contributed by atoms with E-state index >= 15 is 0 Å². The van der Waals surface area contributed by atoms with E-state index in [4.69, 9.17) is 9.92 Å². The van der Waals surface area contributed by atoms with Crippen molar-refractivity contribution in [3.8, 4) is 0 Å². The Hall–Kier alpha value is -0.290. The van der Waals surface area contributed by atoms with Gasteiger partial charge in [0, 0.05) is 6.04 Å². The van der Waals surface area contributed by atoms with Gasteiger partial charge in [0.25, 0.3) is 0 Å². The molecule has 8 nitrogen and oxygen atoms in total. The summed E-state index contributed by atoms with van der Waals surface area (Å²) >= 11 is 0. The fourth-order valence-corrected chi connectivity index (χ4v) is 11.5. The topological polar surface area (TPSA) is 134 Å². The van der Waals surface area contributed by atoms with Crippen molar-refractivity contribution in [2.45, 2.75) is 143 Å². The quantitative estimate of drug-likeness (QED) is 0.0973. The molecule has 4 saturated carbocycles. The predicted octanol–water partition coefficient (Wildman–Crippen LogP) is 5.94. The van der Waals surface area contributed by atoms with Gasteiger partial charge in [-0.1, -0.05) is 34.6 Å². The lowest BCUT2D eigenvalue weighted by Gasteiger charge is -2.62. The summed E-state index contributed by atoms with van der Waals surface area (Å²) in [6, 6.07) is 0.583. The monoisotopic (exact) mass is 641 g/mol. The molecule has 0 saturated heterocycles. The maximum Gasteiger partial charge on any atom is 0.397 e. The number of rotatable bonds is 17. The average Bonchev–Trinajstić information content (AvgIpc) is 3.31. The zero-order valence-corrected chi connectivity index (χ0v) is 29.4. The molecule has 9 heteroatoms. The first kappa shape index (κ1) is 36.5. The van der Waals surface area contributed by atoms with E-state index in [0.717, 1.165) is 45.4 Å². The molecule has 0 amide bonds. The van der Waals surface area contributed by atoms with E-state index in [1.807, 2.05) is 13.8 Å². The zero-order valence-electron chi connectivity index (χ0n) is 28.6. The zero-order chi connectivity index (χ0) is 32.1. The average molecular weight is 642 g/mol. The van der Waals surface area contributed by atoms with Gasteiger partial charge in [0.2, 0.25) is 0 Å². The molecular formula is C35H67N3O5S. The Bertz CT molecular complexity index is 997. The van der Waals surface area contributed by atoms with Crippen LogP contribution in [0.2, 0.25) is 0 Å². The molecule has 0 aromatic heterocycles. The fourth-order valence-electron chi connectivity index (χ4n) is 10.9. The van der Waals surface area contributed by atoms with Gasteiger partial charge in [-0.2, -0.15) is 8.42 Å². The first-order valence-electron chi connectivity index (χ1n) is 18.3. The second kappa shape index (κ2) is 15.7. The van der Waals surface area contributed by atoms with E-state index in [0.29, 0.717) is 53.4 Å². The third kappa shape index (κ3) is 8.59. The van der Waals surface area contributed by atoms with Crippen LogP contribution in [0.1, 0.15) is 125 Å². The van der Waals surface area contributed by atoms with Crippen LogP contribution >= 0.6 is 0 Å². The first-order valence-corrected chi connectivity index (χ1v) is 19.6. The summed E-state index contributed by atoms with van der Waals surface area (Å²) in [6.45, 7) is 15.4. The normalized spacial score (nSPS) is 38.6. The minimum atomic E-state index is -4.45. The molecule has 4 aliphatic carbocycles. The molecule has 11 atom stereocenters. The van der Waals surface area contributed by atoms with Crippen molar-refractivity contribution in [2.75, 3.05) is 26.2 Å². The van der Waals surface area contributed by atoms with Crippen molar-refractivity contribution in [3.05, 3.63) is 0 Å². The van der Waals surface area contributed by atoms with Crippen LogP contribution in [0.3, 0.4) is 0 Å². The highest BCUT2D eigenvalue weighted by Crippen LogP contribution is 2.68. The molecule has 0 spiro atoms. The lowest BCUT2D eigenvalue weighted by Crippen LogP contribution is -2.59. The highest BCUT2D eigenvalue weighted by Gasteiger charge is 2.62. The first-order chi connectivity index (χ1) is 20.8. The highest BCUT2D eigenvalue weighted by molar-refractivity contribution is 7.80. The summed E-state index contributed by atoms with van der Waals surface area (Å²) in [7, 11) is -4.45. The van der Waals surface area contributed by atoms with Gasteiger partial charge in [-0.15, -0.1) is 0 Å². The highest BCUT2D eigenvalue weighted by atomic mass is 32.3. The van der Waals surface area contributed by atoms with Crippen LogP contribution in [0.15, 0.2) is 0 Å². The van der Waals surface area contributed by atoms with Crippen molar-refractivity contribution in [1.82, 2.24) is 10.6 Å². The molecule has 0 heterocycles. The Morgan fingerprint density at radius 2 is 1.55 bits per heavy atom. The van der Waals surface area contributed by atoms with Crippen molar-refractivity contribution in [1.29, 1.82) is 0 Å². The van der Waals surface area contributed by atoms with Gasteiger partial charge in [0.1, 0.15) is 0 Å². The van der Waals surface area contributed by atoms with E-state index in [2.05, 4.69) is 31.4 Å². The van der Waals surface area contributed by atoms with Gasteiger partial charge in [-0.3, -0.25) is 4.55 Å². The van der Waals surface area contributed by atoms with E-state index in [9.17, 15) is 18.1 Å². The van der Waals surface area contributed by atoms with Crippen LogP contribution in [0.25, 0.3) is 0 Å². The van der Waals surface area contributed by atoms with Crippen LogP contribution in [0.4, 0.5) is 0 Å². The molecule has 0 aliphatic heterocycles. The molecule has 0 aromatic rings. The van der Waals surface area contributed by atoms with E-state index < -0.39 is 16.5 Å². The van der Waals surface area contributed by atoms with E-state index in [1.54, 1.807) is 0 Å². The van der Waals surface area contributed by atoms with Crippen molar-refractivity contribution in [2.24, 2.45) is 58.0 Å². The molecule has 4 rings (SSSR count). The molecule has 6 N–H and O–H groups in total. The molecule has 44 heavy (non-hydrogen) atoms. The van der Waals surface area contributed by atoms with Gasteiger partial charge in [-0.05, 0) is 168 Å². The predicted molar refractivity (Wildman–Crippen MR) is 178 cm³/mol. The maximum atomic E-state index is 11.8. The number of aliphatic hydroxyl groups excluding tert-OH is 1. The SMILES string of the molecule is CC(C)[C@@H](CC[C@@H](C)[C@H]1CCC2C3C(CC[C@@]21C)[C@@]1(C)CC[C@H](NCCCCNCCCCN)CC1C[C@H]3O)OS(=O)(=O)O. The summed E-state index contributed by atoms with van der Waals surface area (Å²) in [6.07, 6.45) is 15.1. The van der Waals surface area contributed by atoms with Crippen molar-refractivity contribution < 1.29 is 22.3 Å². The van der Waals surface area contributed by atoms with Crippen LogP contribution in [-0.2, 0) is 14.6 Å². The number of unbranched alkanes of at least 4 members (excludes halogenated alkanes) is 2. The standard InChI is InChI=1S/C35H67N3O5S/c1-24(2)32(43-44(40,41)42)13-10-25(3)28-11-12-29-33-30(15-17-35(28,29)5)34(4)16-14-27(22-26(34)23-31(33)39)38-21-9-8-20-37-19-7-6-18-36/h24-33,37-39H,6-23,36H2,1-5H3,(H,40,41,42)/t25-,26?,27+,28-,29?,30?,31-,32-,33?,34+,35-/m1/s1. The molecule has 4 unspecified atom stereocenters. The third-order valence-corrected chi connectivity index (χ3v) is 13.9. The second-order valence-electron chi connectivity index (χ2n) is 16.3. The van der Waals surface area contributed by atoms with Gasteiger partial charge < -0.3 is 21.5 Å². The molecule has 0 aromatic carbocycles. The van der Waals surface area contributed by atoms with Crippen LogP contribution in [0, 0.1) is 52.3 Å². The minimum Gasteiger partial charge on any atom is -0.393 e. The third-order valence-electron chi connectivity index (χ3n) is 13.4. The fraction of sp³-hybridized carbons (Fsp3) is 1.00. The second-order valence-corrected chi connectivity index (χ2v) is 17.3. The number of hydrogen-bond donors (Lipinski definition) is 5. The van der Waals surface area contributed by atoms with Gasteiger partial charge >= 0.3 is 10.4 Å². The Kier molecular flexibility index (Phi) is 13.1. The number of nitrogens with two attached hydrogens (primary N) is 1. The van der Waals surface area contributed by atoms with Crippen LogP contribution in [-0.4, -0.2) is 62.5 Å². The van der Waals surface area contributed by atoms with E-state index in [-0.39, 0.29) is 17.4 Å². The van der Waals surface area contributed by atoms with Crippen LogP contribution in [0.5, 0.6) is 0 Å². The molecule has 4 fully saturated rings. The molecule has 258 valence electrons. The molecule has 0 bridgehead atoms. The Morgan fingerprint density at radius 3 is 2.23 bits per heavy atom. The summed E-state index contributed by atoms with van der Waals surface area (Å²) < 4.78 is 37.1. The summed E-state index contributed by atoms with van der Waals surface area (Å²) in [5, 5.41) is 19.2. The van der Waals surface area contributed by atoms with Crippen LogP contribution < -0.4 is 16.4 Å². The number of aliphatic hydroxyl groups is 1. The lowest BCUT2D eigenvalue weighted by molar-refractivity contribution is -0.167. The maximum absolute atomic E-state index is 11.8. The Labute approximate surface area is 269 Å². The van der Waals surface area contributed by atoms with E-state index in [1.165, 1.54) is 64.2 Å². The Balaban J connectivity index is 1.29. The summed E-state index contributed by atoms with van der Waals surface area (Å²) in [4.78, 5) is 0. The van der Waals surface area contributed by atoms with Gasteiger partial charge in [0.05, 0.1) is 12.2 Å². The van der Waals surface area contributed by atoms with Crippen molar-refractivity contribution >= 4 is 10.4 Å². The summed E-state index contributed by atoms with van der Waals surface area (Å²) in [5.41, 5.74) is 6.13. The molecule has 0 radical (unpaired) electrons. The minimum absolute atomic E-state index is 0.0155. The smallest absolute Gasteiger partial charge is 0.393 e. The Morgan fingerprint density at radius 1 is 0.886 bits per heavy atom.